The Bertz CT molecular complexity index is 195. The van der Waals surface area contributed by atoms with Gasteiger partial charge in [0.05, 0.1) is 0 Å². The lowest BCUT2D eigenvalue weighted by atomic mass is 10.1. The van der Waals surface area contributed by atoms with Crippen LogP contribution in [0, 0.1) is 11.8 Å². The Morgan fingerprint density at radius 1 is 1.13 bits per heavy atom. The second-order valence-corrected chi connectivity index (χ2v) is 6.41. The maximum atomic E-state index is 11.5. The third-order valence-electron chi connectivity index (χ3n) is 1.88. The van der Waals surface area contributed by atoms with Gasteiger partial charge in [0.15, 0.2) is 12.6 Å². The highest BCUT2D eigenvalue weighted by Crippen LogP contribution is 2.21. The lowest BCUT2D eigenvalue weighted by Gasteiger charge is -2.21. The minimum atomic E-state index is -1.37. The van der Waals surface area contributed by atoms with Gasteiger partial charge in [-0.2, -0.15) is 0 Å². The molecule has 0 spiro atoms. The van der Waals surface area contributed by atoms with Gasteiger partial charge in [-0.1, -0.05) is 32.3 Å². The first-order valence-corrected chi connectivity index (χ1v) is 7.16. The Balaban J connectivity index is 4.10. The van der Waals surface area contributed by atoms with Crippen LogP contribution in [0.3, 0.4) is 0 Å². The molecule has 0 aromatic rings. The van der Waals surface area contributed by atoms with Gasteiger partial charge in [-0.3, -0.25) is 9.69 Å². The van der Waals surface area contributed by atoms with Crippen LogP contribution in [0.15, 0.2) is 0 Å². The molecule has 0 amide bonds. The van der Waals surface area contributed by atoms with E-state index in [1.807, 2.05) is 0 Å². The molecular formula is C11H23NO2P+. The number of hydrogen-bond acceptors (Lipinski definition) is 3. The van der Waals surface area contributed by atoms with Crippen LogP contribution >= 0.6 is 7.80 Å². The second kappa shape index (κ2) is 7.95. The highest BCUT2D eigenvalue weighted by atomic mass is 31.1. The number of aldehydes is 1. The molecule has 0 saturated carbocycles. The molecule has 0 saturated heterocycles. The molecule has 3 nitrogen and oxygen atoms in total. The van der Waals surface area contributed by atoms with Crippen molar-refractivity contribution in [1.29, 1.82) is 0 Å². The van der Waals surface area contributed by atoms with E-state index < -0.39 is 7.80 Å². The minimum Gasteiger partial charge on any atom is -0.299 e. The quantitative estimate of drug-likeness (QED) is 0.477. The summed E-state index contributed by atoms with van der Waals surface area (Å²) >= 11 is 0. The summed E-state index contributed by atoms with van der Waals surface area (Å²) in [6.07, 6.45) is 1.51. The molecule has 1 atom stereocenters. The summed E-state index contributed by atoms with van der Waals surface area (Å²) in [5, 5.41) is 0. The number of rotatable bonds is 8. The lowest BCUT2D eigenvalue weighted by molar-refractivity contribution is -0.105. The lowest BCUT2D eigenvalue weighted by Crippen LogP contribution is -2.31. The summed E-state index contributed by atoms with van der Waals surface area (Å²) in [7, 11) is -1.37. The molecule has 0 N–H and O–H groups in total. The zero-order chi connectivity index (χ0) is 11.8. The second-order valence-electron chi connectivity index (χ2n) is 4.80. The molecule has 0 fully saturated rings. The van der Waals surface area contributed by atoms with Crippen molar-refractivity contribution >= 4 is 14.1 Å². The van der Waals surface area contributed by atoms with Crippen molar-refractivity contribution in [2.45, 2.75) is 27.7 Å². The number of nitrogens with zero attached hydrogens (tertiary/aromatic N) is 1. The normalized spacial score (nSPS) is 12.6. The molecule has 0 rings (SSSR count). The van der Waals surface area contributed by atoms with Gasteiger partial charge in [0.25, 0.3) is 0 Å². The van der Waals surface area contributed by atoms with E-state index in [1.165, 1.54) is 0 Å². The minimum absolute atomic E-state index is 0.196. The van der Waals surface area contributed by atoms with Crippen LogP contribution in [0.4, 0.5) is 0 Å². The van der Waals surface area contributed by atoms with Gasteiger partial charge >= 0.3 is 7.80 Å². The maximum Gasteiger partial charge on any atom is 0.361 e. The van der Waals surface area contributed by atoms with Crippen molar-refractivity contribution in [1.82, 2.24) is 4.90 Å². The molecule has 0 aliphatic rings. The molecule has 0 aliphatic carbocycles. The summed E-state index contributed by atoms with van der Waals surface area (Å²) in [6.45, 7) is 10.5. The maximum absolute atomic E-state index is 11.5. The Hall–Kier alpha value is -0.270. The average molecular weight is 232 g/mol. The van der Waals surface area contributed by atoms with Gasteiger partial charge in [0.1, 0.15) is 0 Å². The molecule has 88 valence electrons. The van der Waals surface area contributed by atoms with Gasteiger partial charge < -0.3 is 0 Å². The molecule has 4 heteroatoms. The molecule has 0 aromatic carbocycles. The van der Waals surface area contributed by atoms with Crippen molar-refractivity contribution in [2.75, 3.05) is 25.5 Å². The van der Waals surface area contributed by atoms with Crippen molar-refractivity contribution in [3.63, 3.8) is 0 Å². The first-order chi connectivity index (χ1) is 6.95. The number of carbonyl (C=O) groups excluding carboxylic acids is 1. The van der Waals surface area contributed by atoms with Gasteiger partial charge in [-0.05, 0) is 11.8 Å². The predicted octanol–water partition coefficient (Wildman–Crippen LogP) is 2.58. The Labute approximate surface area is 94.0 Å². The predicted molar refractivity (Wildman–Crippen MR) is 64.7 cm³/mol. The summed E-state index contributed by atoms with van der Waals surface area (Å²) in [4.78, 5) is 12.4. The van der Waals surface area contributed by atoms with Crippen LogP contribution in [0.2, 0.25) is 0 Å². The molecule has 0 heterocycles. The van der Waals surface area contributed by atoms with E-state index in [2.05, 4.69) is 32.6 Å². The summed E-state index contributed by atoms with van der Waals surface area (Å²) in [5.74, 6) is 1.15. The summed E-state index contributed by atoms with van der Waals surface area (Å²) < 4.78 is 11.5. The van der Waals surface area contributed by atoms with E-state index in [1.54, 1.807) is 0 Å². The molecule has 0 bridgehead atoms. The third-order valence-corrected chi connectivity index (χ3v) is 3.15. The largest absolute Gasteiger partial charge is 0.361 e. The zero-order valence-electron chi connectivity index (χ0n) is 10.3. The van der Waals surface area contributed by atoms with E-state index in [0.29, 0.717) is 18.1 Å². The van der Waals surface area contributed by atoms with Crippen molar-refractivity contribution in [3.05, 3.63) is 0 Å². The van der Waals surface area contributed by atoms with E-state index in [4.69, 9.17) is 0 Å². The summed E-state index contributed by atoms with van der Waals surface area (Å²) in [6, 6.07) is 0. The van der Waals surface area contributed by atoms with Crippen LogP contribution in [0.25, 0.3) is 0 Å². The van der Waals surface area contributed by atoms with E-state index in [9.17, 15) is 9.36 Å². The fourth-order valence-electron chi connectivity index (χ4n) is 1.59. The SMILES string of the molecule is CC(C)CN(CC(C)C)C[P+](=O)CC=O. The van der Waals surface area contributed by atoms with Crippen LogP contribution in [0.1, 0.15) is 27.7 Å². The molecule has 15 heavy (non-hydrogen) atoms. The van der Waals surface area contributed by atoms with Gasteiger partial charge in [-0.25, -0.2) is 0 Å². The van der Waals surface area contributed by atoms with Crippen molar-refractivity contribution in [2.24, 2.45) is 11.8 Å². The van der Waals surface area contributed by atoms with E-state index in [0.717, 1.165) is 19.4 Å². The van der Waals surface area contributed by atoms with Crippen LogP contribution in [-0.4, -0.2) is 36.7 Å². The number of hydrogen-bond donors (Lipinski definition) is 0. The average Bonchev–Trinajstić information content (AvgIpc) is 2.00. The standard InChI is InChI=1S/C11H23NO2P/c1-10(2)7-12(8-11(3)4)9-15(14)6-5-13/h5,10-11H,6-9H2,1-4H3/q+1. The van der Waals surface area contributed by atoms with Crippen LogP contribution < -0.4 is 0 Å². The van der Waals surface area contributed by atoms with Crippen molar-refractivity contribution < 1.29 is 9.36 Å². The topological polar surface area (TPSA) is 37.4 Å². The molecular weight excluding hydrogens is 209 g/mol. The Morgan fingerprint density at radius 3 is 1.93 bits per heavy atom. The highest BCUT2D eigenvalue weighted by Gasteiger charge is 2.21. The first kappa shape index (κ1) is 14.7. The monoisotopic (exact) mass is 232 g/mol. The molecule has 1 unspecified atom stereocenters. The highest BCUT2D eigenvalue weighted by molar-refractivity contribution is 7.45. The van der Waals surface area contributed by atoms with E-state index in [-0.39, 0.29) is 6.16 Å². The van der Waals surface area contributed by atoms with Gasteiger partial charge in [0.2, 0.25) is 6.16 Å². The van der Waals surface area contributed by atoms with E-state index >= 15 is 0 Å². The first-order valence-electron chi connectivity index (χ1n) is 5.53. The third kappa shape index (κ3) is 8.71. The van der Waals surface area contributed by atoms with Gasteiger partial charge in [0, 0.05) is 13.1 Å². The van der Waals surface area contributed by atoms with Gasteiger partial charge in [-0.15, -0.1) is 0 Å². The van der Waals surface area contributed by atoms with Crippen LogP contribution in [0.5, 0.6) is 0 Å². The fourth-order valence-corrected chi connectivity index (χ4v) is 2.55. The molecule has 0 aliphatic heterocycles. The zero-order valence-corrected chi connectivity index (χ0v) is 11.2. The Morgan fingerprint density at radius 2 is 1.60 bits per heavy atom. The Kier molecular flexibility index (Phi) is 7.81. The van der Waals surface area contributed by atoms with Crippen molar-refractivity contribution in [3.8, 4) is 0 Å². The fraction of sp³-hybridized carbons (Fsp3) is 0.909. The van der Waals surface area contributed by atoms with Crippen LogP contribution in [-0.2, 0) is 9.36 Å². The molecule has 0 aromatic heterocycles. The number of carbonyl (C=O) groups is 1. The smallest absolute Gasteiger partial charge is 0.299 e. The summed E-state index contributed by atoms with van der Waals surface area (Å²) in [5.41, 5.74) is 0. The molecule has 0 radical (unpaired) electrons.